The van der Waals surface area contributed by atoms with Crippen LogP contribution in [-0.2, 0) is 0 Å². The van der Waals surface area contributed by atoms with Gasteiger partial charge in [0.05, 0.1) is 18.2 Å². The summed E-state index contributed by atoms with van der Waals surface area (Å²) in [6.07, 6.45) is 1.47. The fraction of sp³-hybridized carbons (Fsp3) is 0.500. The minimum atomic E-state index is -0.705. The molecular formula is C14H18ClNO2. The predicted octanol–water partition coefficient (Wildman–Crippen LogP) is 2.95. The minimum absolute atomic E-state index is 0.0538. The number of Topliss-reactive ketones (excluding diaryl/α,β-unsaturated/α-hetero) is 1. The molecule has 4 heteroatoms. The number of ether oxygens (including phenoxy) is 1. The molecule has 18 heavy (non-hydrogen) atoms. The molecule has 1 aliphatic carbocycles. The monoisotopic (exact) mass is 267 g/mol. The lowest BCUT2D eigenvalue weighted by molar-refractivity contribution is 0.0945. The summed E-state index contributed by atoms with van der Waals surface area (Å²) >= 11 is 6.28. The lowest BCUT2D eigenvalue weighted by atomic mass is 9.92. The second-order valence-electron chi connectivity index (χ2n) is 5.08. The molecule has 0 heterocycles. The van der Waals surface area contributed by atoms with E-state index in [2.05, 4.69) is 0 Å². The van der Waals surface area contributed by atoms with E-state index in [1.807, 2.05) is 20.8 Å². The average Bonchev–Trinajstić information content (AvgIpc) is 3.09. The van der Waals surface area contributed by atoms with Gasteiger partial charge in [0.15, 0.2) is 5.78 Å². The number of methoxy groups -OCH3 is 1. The largest absolute Gasteiger partial charge is 0.496 e. The highest BCUT2D eigenvalue weighted by molar-refractivity contribution is 6.33. The summed E-state index contributed by atoms with van der Waals surface area (Å²) in [4.78, 5) is 12.5. The number of ketones is 1. The van der Waals surface area contributed by atoms with Crippen LogP contribution in [0.4, 0.5) is 0 Å². The first-order valence-electron chi connectivity index (χ1n) is 6.00. The van der Waals surface area contributed by atoms with Gasteiger partial charge in [-0.15, -0.1) is 0 Å². The van der Waals surface area contributed by atoms with Gasteiger partial charge in [-0.05, 0) is 50.3 Å². The van der Waals surface area contributed by atoms with E-state index in [-0.39, 0.29) is 5.78 Å². The maximum absolute atomic E-state index is 12.5. The first-order chi connectivity index (χ1) is 8.33. The molecule has 0 atom stereocenters. The zero-order chi connectivity index (χ0) is 13.7. The highest BCUT2D eigenvalue weighted by Gasteiger charge is 2.47. The quantitative estimate of drug-likeness (QED) is 0.857. The molecule has 1 aromatic carbocycles. The summed E-state index contributed by atoms with van der Waals surface area (Å²) in [5.41, 5.74) is 8.46. The Hall–Kier alpha value is -1.06. The molecule has 1 aromatic rings. The van der Waals surface area contributed by atoms with Crippen molar-refractivity contribution in [1.82, 2.24) is 0 Å². The summed E-state index contributed by atoms with van der Waals surface area (Å²) in [6.45, 7) is 5.68. The van der Waals surface area contributed by atoms with Crippen LogP contribution in [0.15, 0.2) is 0 Å². The Morgan fingerprint density at radius 2 is 1.78 bits per heavy atom. The van der Waals surface area contributed by atoms with Gasteiger partial charge >= 0.3 is 0 Å². The highest BCUT2D eigenvalue weighted by Crippen LogP contribution is 2.42. The van der Waals surface area contributed by atoms with Gasteiger partial charge in [-0.25, -0.2) is 0 Å². The SMILES string of the molecule is COc1c(C)c(C)c(Cl)c(C)c1C(=O)C1(N)CC1. The van der Waals surface area contributed by atoms with E-state index in [9.17, 15) is 4.79 Å². The van der Waals surface area contributed by atoms with Crippen molar-refractivity contribution in [3.63, 3.8) is 0 Å². The van der Waals surface area contributed by atoms with E-state index < -0.39 is 5.54 Å². The molecule has 0 saturated heterocycles. The van der Waals surface area contributed by atoms with Crippen molar-refractivity contribution in [2.45, 2.75) is 39.2 Å². The Morgan fingerprint density at radius 1 is 1.22 bits per heavy atom. The lowest BCUT2D eigenvalue weighted by Crippen LogP contribution is -2.33. The zero-order valence-electron chi connectivity index (χ0n) is 11.2. The number of nitrogens with two attached hydrogens (primary N) is 1. The maximum Gasteiger partial charge on any atom is 0.186 e. The number of carbonyl (C=O) groups excluding carboxylic acids is 1. The van der Waals surface area contributed by atoms with Gasteiger partial charge in [0.25, 0.3) is 0 Å². The average molecular weight is 268 g/mol. The van der Waals surface area contributed by atoms with Crippen LogP contribution in [0.5, 0.6) is 5.75 Å². The molecule has 0 spiro atoms. The topological polar surface area (TPSA) is 52.3 Å². The van der Waals surface area contributed by atoms with E-state index in [1.54, 1.807) is 7.11 Å². The molecule has 0 aromatic heterocycles. The second-order valence-corrected chi connectivity index (χ2v) is 5.46. The maximum atomic E-state index is 12.5. The van der Waals surface area contributed by atoms with E-state index in [1.165, 1.54) is 0 Å². The molecule has 2 N–H and O–H groups in total. The fourth-order valence-electron chi connectivity index (χ4n) is 2.22. The third-order valence-corrected chi connectivity index (χ3v) is 4.40. The number of carbonyl (C=O) groups is 1. The minimum Gasteiger partial charge on any atom is -0.496 e. The molecule has 1 saturated carbocycles. The van der Waals surface area contributed by atoms with Crippen LogP contribution in [0.3, 0.4) is 0 Å². The molecule has 0 aliphatic heterocycles. The van der Waals surface area contributed by atoms with E-state index in [0.717, 1.165) is 29.5 Å². The lowest BCUT2D eigenvalue weighted by Gasteiger charge is -2.19. The van der Waals surface area contributed by atoms with Gasteiger partial charge in [-0.3, -0.25) is 4.79 Å². The summed E-state index contributed by atoms with van der Waals surface area (Å²) < 4.78 is 5.40. The van der Waals surface area contributed by atoms with Crippen molar-refractivity contribution in [1.29, 1.82) is 0 Å². The first-order valence-corrected chi connectivity index (χ1v) is 6.38. The van der Waals surface area contributed by atoms with Gasteiger partial charge in [-0.2, -0.15) is 0 Å². The number of halogens is 1. The molecule has 98 valence electrons. The molecule has 1 aliphatic rings. The Morgan fingerprint density at radius 3 is 2.22 bits per heavy atom. The standard InChI is InChI=1S/C14H18ClNO2/c1-7-8(2)12(18-4)10(9(3)11(7)15)13(17)14(16)5-6-14/h5-6,16H2,1-4H3. The molecule has 2 rings (SSSR count). The highest BCUT2D eigenvalue weighted by atomic mass is 35.5. The smallest absolute Gasteiger partial charge is 0.186 e. The van der Waals surface area contributed by atoms with Crippen molar-refractivity contribution in [2.75, 3.05) is 7.11 Å². The fourth-order valence-corrected chi connectivity index (χ4v) is 2.46. The molecule has 3 nitrogen and oxygen atoms in total. The third-order valence-electron chi connectivity index (χ3n) is 3.84. The zero-order valence-corrected chi connectivity index (χ0v) is 11.9. The molecule has 0 radical (unpaired) electrons. The summed E-state index contributed by atoms with van der Waals surface area (Å²) in [5.74, 6) is 0.554. The van der Waals surface area contributed by atoms with Crippen molar-refractivity contribution in [3.05, 3.63) is 27.3 Å². The first kappa shape index (κ1) is 13.4. The van der Waals surface area contributed by atoms with Gasteiger partial charge in [0, 0.05) is 5.02 Å². The van der Waals surface area contributed by atoms with Crippen LogP contribution in [0, 0.1) is 20.8 Å². The third kappa shape index (κ3) is 1.82. The Balaban J connectivity index is 2.69. The van der Waals surface area contributed by atoms with Crippen molar-refractivity contribution in [3.8, 4) is 5.75 Å². The molecule has 0 bridgehead atoms. The number of rotatable bonds is 3. The summed E-state index contributed by atoms with van der Waals surface area (Å²) in [5, 5.41) is 0.626. The van der Waals surface area contributed by atoms with Crippen molar-refractivity contribution < 1.29 is 9.53 Å². The van der Waals surface area contributed by atoms with Gasteiger partial charge in [-0.1, -0.05) is 11.6 Å². The number of hydrogen-bond acceptors (Lipinski definition) is 3. The Labute approximate surface area is 112 Å². The van der Waals surface area contributed by atoms with Crippen molar-refractivity contribution in [2.24, 2.45) is 5.73 Å². The van der Waals surface area contributed by atoms with E-state index in [4.69, 9.17) is 22.1 Å². The number of benzene rings is 1. The molecule has 0 unspecified atom stereocenters. The predicted molar refractivity (Wildman–Crippen MR) is 72.7 cm³/mol. The summed E-state index contributed by atoms with van der Waals surface area (Å²) in [6, 6.07) is 0. The van der Waals surface area contributed by atoms with Gasteiger partial charge in [0.1, 0.15) is 5.75 Å². The second kappa shape index (κ2) is 4.25. The Bertz CT molecular complexity index is 533. The number of hydrogen-bond donors (Lipinski definition) is 1. The Kier molecular flexibility index (Phi) is 3.16. The molecular weight excluding hydrogens is 250 g/mol. The van der Waals surface area contributed by atoms with Crippen LogP contribution in [0.1, 0.15) is 39.9 Å². The van der Waals surface area contributed by atoms with E-state index >= 15 is 0 Å². The van der Waals surface area contributed by atoms with Gasteiger partial charge < -0.3 is 10.5 Å². The summed E-state index contributed by atoms with van der Waals surface area (Å²) in [7, 11) is 1.57. The molecule has 1 fully saturated rings. The van der Waals surface area contributed by atoms with Crippen LogP contribution >= 0.6 is 11.6 Å². The van der Waals surface area contributed by atoms with Crippen LogP contribution in [0.25, 0.3) is 0 Å². The molecule has 0 amide bonds. The normalized spacial score (nSPS) is 16.6. The van der Waals surface area contributed by atoms with E-state index in [0.29, 0.717) is 16.3 Å². The van der Waals surface area contributed by atoms with Crippen LogP contribution < -0.4 is 10.5 Å². The van der Waals surface area contributed by atoms with Gasteiger partial charge in [0.2, 0.25) is 0 Å². The van der Waals surface area contributed by atoms with Crippen LogP contribution in [0.2, 0.25) is 5.02 Å². The van der Waals surface area contributed by atoms with Crippen LogP contribution in [-0.4, -0.2) is 18.4 Å². The van der Waals surface area contributed by atoms with Crippen molar-refractivity contribution >= 4 is 17.4 Å².